The molecule has 2 aromatic heterocycles. The van der Waals surface area contributed by atoms with Crippen LogP contribution < -0.4 is 5.43 Å². The van der Waals surface area contributed by atoms with Crippen molar-refractivity contribution in [3.05, 3.63) is 105 Å². The molecule has 0 aliphatic heterocycles. The number of carbonyl (C=O) groups is 1. The largest absolute Gasteiger partial charge is 0.389 e. The smallest absolute Gasteiger partial charge is 0.358 e. The Labute approximate surface area is 193 Å². The second kappa shape index (κ2) is 9.45. The number of benzene rings is 2. The predicted molar refractivity (Wildman–Crippen MR) is 123 cm³/mol. The Hall–Kier alpha value is -4.31. The molecule has 33 heavy (non-hydrogen) atoms. The zero-order valence-electron chi connectivity index (χ0n) is 17.4. The van der Waals surface area contributed by atoms with E-state index in [1.165, 1.54) is 23.2 Å². The highest BCUT2D eigenvalue weighted by Crippen LogP contribution is 2.21. The summed E-state index contributed by atoms with van der Waals surface area (Å²) >= 11 is 6.46. The lowest BCUT2D eigenvalue weighted by Crippen LogP contribution is -2.18. The molecule has 0 bridgehead atoms. The van der Waals surface area contributed by atoms with Crippen LogP contribution in [0.25, 0.3) is 5.69 Å². The standard InChI is InChI=1S/C22H18ClN7O3/c1-15-19(21(23)29(26-15)18-8-3-2-4-9-18)13-24-25-22(31)17-7-5-6-16(12-17)14-28-11-10-20(27-28)30(32)33/h2-13H,14H2,1H3,(H,25,31)/b24-13-. The van der Waals surface area contributed by atoms with E-state index in [1.54, 1.807) is 35.9 Å². The summed E-state index contributed by atoms with van der Waals surface area (Å²) in [6.45, 7) is 2.09. The zero-order chi connectivity index (χ0) is 23.4. The number of amides is 1. The van der Waals surface area contributed by atoms with Gasteiger partial charge >= 0.3 is 5.82 Å². The number of aryl methyl sites for hydroxylation is 1. The van der Waals surface area contributed by atoms with Crippen molar-refractivity contribution in [2.24, 2.45) is 5.10 Å². The summed E-state index contributed by atoms with van der Waals surface area (Å²) in [5.41, 5.74) is 5.69. The van der Waals surface area contributed by atoms with Gasteiger partial charge in [0.15, 0.2) is 0 Å². The molecule has 2 aromatic carbocycles. The van der Waals surface area contributed by atoms with Crippen molar-refractivity contribution in [2.75, 3.05) is 0 Å². The van der Waals surface area contributed by atoms with Gasteiger partial charge < -0.3 is 10.1 Å². The van der Waals surface area contributed by atoms with Crippen LogP contribution in [0.5, 0.6) is 0 Å². The van der Waals surface area contributed by atoms with Gasteiger partial charge in [0.1, 0.15) is 5.15 Å². The van der Waals surface area contributed by atoms with Crippen molar-refractivity contribution < 1.29 is 9.72 Å². The number of hydrogen-bond acceptors (Lipinski definition) is 6. The first-order valence-electron chi connectivity index (χ1n) is 9.83. The van der Waals surface area contributed by atoms with Gasteiger partial charge in [-0.1, -0.05) is 41.9 Å². The fraction of sp³-hybridized carbons (Fsp3) is 0.0909. The molecule has 0 aliphatic carbocycles. The van der Waals surface area contributed by atoms with E-state index in [-0.39, 0.29) is 12.4 Å². The van der Waals surface area contributed by atoms with Gasteiger partial charge in [-0.25, -0.2) is 10.1 Å². The molecule has 0 fully saturated rings. The molecule has 0 aliphatic rings. The molecule has 2 heterocycles. The number of nitrogens with one attached hydrogen (secondary N) is 1. The number of para-hydroxylation sites is 1. The second-order valence-electron chi connectivity index (χ2n) is 7.07. The minimum atomic E-state index is -0.560. The predicted octanol–water partition coefficient (Wildman–Crippen LogP) is 3.75. The maximum atomic E-state index is 12.5. The van der Waals surface area contributed by atoms with Crippen LogP contribution in [0.15, 0.2) is 72.0 Å². The quantitative estimate of drug-likeness (QED) is 0.254. The van der Waals surface area contributed by atoms with Gasteiger partial charge in [0, 0.05) is 5.56 Å². The summed E-state index contributed by atoms with van der Waals surface area (Å²) < 4.78 is 3.03. The second-order valence-corrected chi connectivity index (χ2v) is 7.42. The number of nitrogens with zero attached hydrogens (tertiary/aromatic N) is 6. The molecule has 0 saturated heterocycles. The number of halogens is 1. The van der Waals surface area contributed by atoms with Crippen molar-refractivity contribution in [1.29, 1.82) is 0 Å². The molecule has 0 radical (unpaired) electrons. The van der Waals surface area contributed by atoms with Crippen LogP contribution in [0.4, 0.5) is 5.82 Å². The first-order chi connectivity index (χ1) is 15.9. The number of nitro groups is 1. The summed E-state index contributed by atoms with van der Waals surface area (Å²) in [6.07, 6.45) is 2.96. The van der Waals surface area contributed by atoms with E-state index < -0.39 is 10.8 Å². The maximum absolute atomic E-state index is 12.5. The van der Waals surface area contributed by atoms with Crippen LogP contribution >= 0.6 is 11.6 Å². The van der Waals surface area contributed by atoms with Crippen LogP contribution in [-0.2, 0) is 6.54 Å². The average Bonchev–Trinajstić information content (AvgIpc) is 3.39. The summed E-state index contributed by atoms with van der Waals surface area (Å²) in [5, 5.41) is 23.5. The first-order valence-corrected chi connectivity index (χ1v) is 10.2. The van der Waals surface area contributed by atoms with E-state index in [2.05, 4.69) is 20.7 Å². The third kappa shape index (κ3) is 4.96. The Morgan fingerprint density at radius 2 is 1.97 bits per heavy atom. The molecule has 11 heteroatoms. The minimum absolute atomic E-state index is 0.234. The van der Waals surface area contributed by atoms with Gasteiger partial charge in [-0.05, 0) is 41.7 Å². The van der Waals surface area contributed by atoms with Crippen molar-refractivity contribution >= 4 is 29.5 Å². The van der Waals surface area contributed by atoms with Crippen LogP contribution in [0.3, 0.4) is 0 Å². The Bertz CT molecular complexity index is 1350. The van der Waals surface area contributed by atoms with Crippen LogP contribution in [-0.4, -0.2) is 36.6 Å². The highest BCUT2D eigenvalue weighted by Gasteiger charge is 2.14. The molecule has 0 saturated carbocycles. The van der Waals surface area contributed by atoms with E-state index >= 15 is 0 Å². The first kappa shape index (κ1) is 21.9. The van der Waals surface area contributed by atoms with Crippen molar-refractivity contribution in [3.8, 4) is 5.69 Å². The Morgan fingerprint density at radius 3 is 2.70 bits per heavy atom. The monoisotopic (exact) mass is 463 g/mol. The molecule has 0 atom stereocenters. The van der Waals surface area contributed by atoms with Gasteiger partial charge in [0.25, 0.3) is 5.91 Å². The van der Waals surface area contributed by atoms with E-state index in [1.807, 2.05) is 30.3 Å². The minimum Gasteiger partial charge on any atom is -0.358 e. The fourth-order valence-corrected chi connectivity index (χ4v) is 3.47. The van der Waals surface area contributed by atoms with Gasteiger partial charge in [-0.3, -0.25) is 4.79 Å². The molecule has 0 spiro atoms. The zero-order valence-corrected chi connectivity index (χ0v) is 18.2. The van der Waals surface area contributed by atoms with Gasteiger partial charge in [0.2, 0.25) is 0 Å². The maximum Gasteiger partial charge on any atom is 0.389 e. The summed E-state index contributed by atoms with van der Waals surface area (Å²) in [7, 11) is 0. The molecular weight excluding hydrogens is 446 g/mol. The lowest BCUT2D eigenvalue weighted by atomic mass is 10.1. The molecule has 10 nitrogen and oxygen atoms in total. The molecule has 166 valence electrons. The molecule has 4 aromatic rings. The van der Waals surface area contributed by atoms with Crippen molar-refractivity contribution in [3.63, 3.8) is 0 Å². The number of rotatable bonds is 7. The molecule has 1 N–H and O–H groups in total. The topological polar surface area (TPSA) is 120 Å². The van der Waals surface area contributed by atoms with Crippen molar-refractivity contribution in [1.82, 2.24) is 25.0 Å². The Balaban J connectivity index is 1.44. The van der Waals surface area contributed by atoms with Crippen LogP contribution in [0, 0.1) is 17.0 Å². The van der Waals surface area contributed by atoms with Crippen LogP contribution in [0.1, 0.15) is 27.2 Å². The summed E-state index contributed by atoms with van der Waals surface area (Å²) in [4.78, 5) is 22.8. The fourth-order valence-electron chi connectivity index (χ4n) is 3.15. The lowest BCUT2D eigenvalue weighted by Gasteiger charge is -2.03. The van der Waals surface area contributed by atoms with E-state index in [4.69, 9.17) is 11.6 Å². The van der Waals surface area contributed by atoms with Gasteiger partial charge in [0.05, 0.1) is 47.1 Å². The lowest BCUT2D eigenvalue weighted by molar-refractivity contribution is -0.389. The van der Waals surface area contributed by atoms with Gasteiger partial charge in [-0.15, -0.1) is 0 Å². The Morgan fingerprint density at radius 1 is 1.18 bits per heavy atom. The number of hydrazone groups is 1. The van der Waals surface area contributed by atoms with Crippen molar-refractivity contribution in [2.45, 2.75) is 13.5 Å². The van der Waals surface area contributed by atoms with E-state index in [0.29, 0.717) is 22.0 Å². The normalized spacial score (nSPS) is 11.1. The number of carbonyl (C=O) groups excluding carboxylic acids is 1. The van der Waals surface area contributed by atoms with Gasteiger partial charge in [-0.2, -0.15) is 14.9 Å². The molecule has 1 amide bonds. The Kier molecular flexibility index (Phi) is 6.27. The number of aromatic nitrogens is 4. The molecule has 4 rings (SSSR count). The summed E-state index contributed by atoms with van der Waals surface area (Å²) in [5.74, 6) is -0.647. The van der Waals surface area contributed by atoms with E-state index in [0.717, 1.165) is 11.3 Å². The third-order valence-corrected chi connectivity index (χ3v) is 5.12. The van der Waals surface area contributed by atoms with Crippen LogP contribution in [0.2, 0.25) is 5.15 Å². The highest BCUT2D eigenvalue weighted by molar-refractivity contribution is 6.32. The highest BCUT2D eigenvalue weighted by atomic mass is 35.5. The number of hydrogen-bond donors (Lipinski definition) is 1. The SMILES string of the molecule is Cc1nn(-c2ccccc2)c(Cl)c1/C=N\NC(=O)c1cccc(Cn2ccc([N+](=O)[O-])n2)c1. The third-order valence-electron chi connectivity index (χ3n) is 4.76. The average molecular weight is 464 g/mol. The summed E-state index contributed by atoms with van der Waals surface area (Å²) in [6, 6.07) is 17.6. The molecule has 0 unspecified atom stereocenters. The molecular formula is C22H18ClN7O3. The van der Waals surface area contributed by atoms with E-state index in [9.17, 15) is 14.9 Å².